The molecule has 1 aromatic carbocycles. The van der Waals surface area contributed by atoms with Gasteiger partial charge in [-0.3, -0.25) is 4.79 Å². The second kappa shape index (κ2) is 8.78. The van der Waals surface area contributed by atoms with E-state index < -0.39 is 11.4 Å². The van der Waals surface area contributed by atoms with Crippen LogP contribution in [0.5, 0.6) is 0 Å². The maximum atomic E-state index is 11.6. The molecule has 0 spiro atoms. The molecule has 20 heavy (non-hydrogen) atoms. The SMILES string of the molecule is CCCCC(CC)(CCCCc1ccccc1)C(=O)O. The summed E-state index contributed by atoms with van der Waals surface area (Å²) in [6.45, 7) is 4.14. The maximum absolute atomic E-state index is 11.6. The molecule has 0 amide bonds. The fraction of sp³-hybridized carbons (Fsp3) is 0.611. The summed E-state index contributed by atoms with van der Waals surface area (Å²) in [6, 6.07) is 10.4. The Balaban J connectivity index is 2.44. The highest BCUT2D eigenvalue weighted by Crippen LogP contribution is 2.35. The average Bonchev–Trinajstić information content (AvgIpc) is 2.47. The van der Waals surface area contributed by atoms with Gasteiger partial charge in [0.05, 0.1) is 5.41 Å². The van der Waals surface area contributed by atoms with E-state index in [4.69, 9.17) is 0 Å². The molecule has 1 unspecified atom stereocenters. The lowest BCUT2D eigenvalue weighted by molar-refractivity contribution is -0.150. The highest BCUT2D eigenvalue weighted by atomic mass is 16.4. The summed E-state index contributed by atoms with van der Waals surface area (Å²) in [5.74, 6) is -0.604. The largest absolute Gasteiger partial charge is 0.481 e. The van der Waals surface area contributed by atoms with Gasteiger partial charge in [0.2, 0.25) is 0 Å². The summed E-state index contributed by atoms with van der Waals surface area (Å²) >= 11 is 0. The number of carboxylic acids is 1. The first-order valence-corrected chi connectivity index (χ1v) is 7.92. The van der Waals surface area contributed by atoms with Crippen molar-refractivity contribution >= 4 is 5.97 Å². The highest BCUT2D eigenvalue weighted by molar-refractivity contribution is 5.74. The second-order valence-corrected chi connectivity index (χ2v) is 5.74. The third kappa shape index (κ3) is 4.99. The molecule has 0 bridgehead atoms. The molecule has 1 N–H and O–H groups in total. The Labute approximate surface area is 123 Å². The van der Waals surface area contributed by atoms with Gasteiger partial charge in [0, 0.05) is 0 Å². The number of rotatable bonds is 10. The Morgan fingerprint density at radius 1 is 1.05 bits per heavy atom. The van der Waals surface area contributed by atoms with Gasteiger partial charge in [-0.15, -0.1) is 0 Å². The second-order valence-electron chi connectivity index (χ2n) is 5.74. The fourth-order valence-electron chi connectivity index (χ4n) is 2.80. The zero-order valence-corrected chi connectivity index (χ0v) is 12.9. The van der Waals surface area contributed by atoms with E-state index in [1.165, 1.54) is 5.56 Å². The van der Waals surface area contributed by atoms with E-state index in [1.54, 1.807) is 0 Å². The first kappa shape index (κ1) is 16.7. The number of hydrogen-bond donors (Lipinski definition) is 1. The average molecular weight is 276 g/mol. The van der Waals surface area contributed by atoms with Gasteiger partial charge < -0.3 is 5.11 Å². The van der Waals surface area contributed by atoms with Crippen LogP contribution in [0.3, 0.4) is 0 Å². The van der Waals surface area contributed by atoms with Crippen LogP contribution in [0.15, 0.2) is 30.3 Å². The zero-order valence-electron chi connectivity index (χ0n) is 12.9. The van der Waals surface area contributed by atoms with Gasteiger partial charge in [0.15, 0.2) is 0 Å². The molecule has 1 aromatic rings. The van der Waals surface area contributed by atoms with Crippen molar-refractivity contribution in [1.29, 1.82) is 0 Å². The minimum absolute atomic E-state index is 0.493. The summed E-state index contributed by atoms with van der Waals surface area (Å²) in [5.41, 5.74) is 0.852. The Bertz CT molecular complexity index is 386. The summed E-state index contributed by atoms with van der Waals surface area (Å²) in [4.78, 5) is 11.6. The van der Waals surface area contributed by atoms with Crippen LogP contribution in [-0.4, -0.2) is 11.1 Å². The minimum Gasteiger partial charge on any atom is -0.481 e. The third-order valence-electron chi connectivity index (χ3n) is 4.35. The van der Waals surface area contributed by atoms with Crippen molar-refractivity contribution < 1.29 is 9.90 Å². The number of carboxylic acid groups (broad SMARTS) is 1. The van der Waals surface area contributed by atoms with Crippen molar-refractivity contribution in [2.24, 2.45) is 5.41 Å². The smallest absolute Gasteiger partial charge is 0.309 e. The number of hydrogen-bond acceptors (Lipinski definition) is 1. The van der Waals surface area contributed by atoms with E-state index in [-0.39, 0.29) is 0 Å². The first-order chi connectivity index (χ1) is 9.64. The standard InChI is InChI=1S/C18H28O2/c1-3-5-14-18(4-2,17(19)20)15-10-9-13-16-11-7-6-8-12-16/h6-8,11-12H,3-5,9-10,13-15H2,1-2H3,(H,19,20). The molecule has 0 aliphatic heterocycles. The zero-order chi connectivity index (χ0) is 14.8. The van der Waals surface area contributed by atoms with Gasteiger partial charge >= 0.3 is 5.97 Å². The van der Waals surface area contributed by atoms with Crippen LogP contribution < -0.4 is 0 Å². The van der Waals surface area contributed by atoms with E-state index in [1.807, 2.05) is 13.0 Å². The molecule has 0 saturated carbocycles. The quantitative estimate of drug-likeness (QED) is 0.606. The first-order valence-electron chi connectivity index (χ1n) is 7.92. The van der Waals surface area contributed by atoms with Crippen molar-refractivity contribution in [3.8, 4) is 0 Å². The lowest BCUT2D eigenvalue weighted by Gasteiger charge is -2.28. The molecule has 2 heteroatoms. The molecule has 0 heterocycles. The van der Waals surface area contributed by atoms with E-state index in [2.05, 4.69) is 31.2 Å². The lowest BCUT2D eigenvalue weighted by Crippen LogP contribution is -2.30. The molecule has 1 atom stereocenters. The van der Waals surface area contributed by atoms with Crippen molar-refractivity contribution in [1.82, 2.24) is 0 Å². The van der Waals surface area contributed by atoms with Crippen LogP contribution in [0, 0.1) is 5.41 Å². The van der Waals surface area contributed by atoms with Crippen LogP contribution >= 0.6 is 0 Å². The van der Waals surface area contributed by atoms with E-state index in [9.17, 15) is 9.90 Å². The van der Waals surface area contributed by atoms with Crippen LogP contribution in [0.1, 0.15) is 64.4 Å². The van der Waals surface area contributed by atoms with Crippen molar-refractivity contribution in [3.05, 3.63) is 35.9 Å². The molecular weight excluding hydrogens is 248 g/mol. The summed E-state index contributed by atoms with van der Waals surface area (Å²) in [6.07, 6.45) is 7.58. The molecule has 0 aromatic heterocycles. The molecule has 2 nitrogen and oxygen atoms in total. The molecule has 0 saturated heterocycles. The number of aryl methyl sites for hydroxylation is 1. The summed E-state index contributed by atoms with van der Waals surface area (Å²) in [7, 11) is 0. The van der Waals surface area contributed by atoms with Gasteiger partial charge in [0.25, 0.3) is 0 Å². The molecule has 0 aliphatic rings. The highest BCUT2D eigenvalue weighted by Gasteiger charge is 2.35. The Kier molecular flexibility index (Phi) is 7.35. The predicted octanol–water partition coefficient (Wildman–Crippen LogP) is 5.07. The topological polar surface area (TPSA) is 37.3 Å². The molecule has 112 valence electrons. The van der Waals surface area contributed by atoms with Crippen LogP contribution in [0.4, 0.5) is 0 Å². The van der Waals surface area contributed by atoms with E-state index in [0.29, 0.717) is 0 Å². The van der Waals surface area contributed by atoms with Crippen LogP contribution in [0.2, 0.25) is 0 Å². The van der Waals surface area contributed by atoms with Gasteiger partial charge in [-0.1, -0.05) is 63.4 Å². The van der Waals surface area contributed by atoms with Crippen LogP contribution in [-0.2, 0) is 11.2 Å². The Morgan fingerprint density at radius 3 is 2.25 bits per heavy atom. The number of benzene rings is 1. The third-order valence-corrected chi connectivity index (χ3v) is 4.35. The fourth-order valence-corrected chi connectivity index (χ4v) is 2.80. The van der Waals surface area contributed by atoms with Gasteiger partial charge in [-0.25, -0.2) is 0 Å². The van der Waals surface area contributed by atoms with Crippen molar-refractivity contribution in [2.45, 2.75) is 65.2 Å². The van der Waals surface area contributed by atoms with Crippen molar-refractivity contribution in [2.75, 3.05) is 0 Å². The van der Waals surface area contributed by atoms with Gasteiger partial charge in [-0.2, -0.15) is 0 Å². The molecule has 0 aliphatic carbocycles. The summed E-state index contributed by atoms with van der Waals surface area (Å²) in [5, 5.41) is 9.57. The maximum Gasteiger partial charge on any atom is 0.309 e. The lowest BCUT2D eigenvalue weighted by atomic mass is 9.76. The number of carbonyl (C=O) groups is 1. The Hall–Kier alpha value is -1.31. The number of aliphatic carboxylic acids is 1. The molecule has 0 radical (unpaired) electrons. The van der Waals surface area contributed by atoms with Gasteiger partial charge in [-0.05, 0) is 37.7 Å². The van der Waals surface area contributed by atoms with Crippen LogP contribution in [0.25, 0.3) is 0 Å². The Morgan fingerprint density at radius 2 is 1.70 bits per heavy atom. The molecule has 0 fully saturated rings. The van der Waals surface area contributed by atoms with Gasteiger partial charge in [0.1, 0.15) is 0 Å². The monoisotopic (exact) mass is 276 g/mol. The molecule has 1 rings (SSSR count). The number of unbranched alkanes of at least 4 members (excludes halogenated alkanes) is 2. The summed E-state index contributed by atoms with van der Waals surface area (Å²) < 4.78 is 0. The predicted molar refractivity (Wildman–Crippen MR) is 83.9 cm³/mol. The molecular formula is C18H28O2. The van der Waals surface area contributed by atoms with Crippen molar-refractivity contribution in [3.63, 3.8) is 0 Å². The van der Waals surface area contributed by atoms with E-state index in [0.717, 1.165) is 51.4 Å². The normalized spacial score (nSPS) is 13.9. The van der Waals surface area contributed by atoms with E-state index >= 15 is 0 Å². The minimum atomic E-state index is -0.604.